The molecule has 1 heterocycles. The molecule has 3 amide bonds. The second-order valence-corrected chi connectivity index (χ2v) is 16.0. The fourth-order valence-electron chi connectivity index (χ4n) is 6.56. The van der Waals surface area contributed by atoms with Crippen LogP contribution >= 0.6 is 11.6 Å². The SMILES string of the molecule is CC(C)(C)OC(=O)NC1CCC(N(CC(c2c#cc(Cl)c(-c3c(C(N)=O)ccc(OCc4ccccn4)c3F)c2)c2ccccc2)C(=O)OC(C)(C)C)CC1. The van der Waals surface area contributed by atoms with Crippen molar-refractivity contribution in [1.29, 1.82) is 0 Å². The van der Waals surface area contributed by atoms with E-state index in [9.17, 15) is 14.4 Å². The van der Waals surface area contributed by atoms with Gasteiger partial charge in [-0.2, -0.15) is 0 Å². The highest BCUT2D eigenvalue weighted by atomic mass is 35.5. The van der Waals surface area contributed by atoms with Crippen molar-refractivity contribution in [2.45, 2.75) is 103 Å². The summed E-state index contributed by atoms with van der Waals surface area (Å²) in [5.41, 5.74) is 6.25. The van der Waals surface area contributed by atoms with Gasteiger partial charge in [0.05, 0.1) is 16.3 Å². The molecule has 0 aliphatic heterocycles. The number of amides is 3. The van der Waals surface area contributed by atoms with Crippen molar-refractivity contribution in [3.05, 3.63) is 118 Å². The molecule has 1 aliphatic carbocycles. The van der Waals surface area contributed by atoms with E-state index in [2.05, 4.69) is 22.4 Å². The minimum absolute atomic E-state index is 0.0126. The minimum Gasteiger partial charge on any atom is -0.484 e. The van der Waals surface area contributed by atoms with E-state index in [-0.39, 0.29) is 52.7 Å². The largest absolute Gasteiger partial charge is 0.484 e. The fourth-order valence-corrected chi connectivity index (χ4v) is 6.75. The first-order valence-corrected chi connectivity index (χ1v) is 18.7. The number of rotatable bonds is 11. The van der Waals surface area contributed by atoms with Crippen LogP contribution in [0.2, 0.25) is 5.02 Å². The maximum absolute atomic E-state index is 16.5. The number of benzene rings is 2. The molecule has 0 radical (unpaired) electrons. The quantitative estimate of drug-likeness (QED) is 0.156. The molecule has 290 valence electrons. The zero-order valence-electron chi connectivity index (χ0n) is 32.1. The van der Waals surface area contributed by atoms with Crippen LogP contribution in [0.15, 0.2) is 72.9 Å². The third-order valence-corrected chi connectivity index (χ3v) is 9.34. The molecule has 10 nitrogen and oxygen atoms in total. The third-order valence-electron chi connectivity index (χ3n) is 9.04. The summed E-state index contributed by atoms with van der Waals surface area (Å²) in [6, 6.07) is 25.0. The summed E-state index contributed by atoms with van der Waals surface area (Å²) in [6.07, 6.45) is 3.08. The van der Waals surface area contributed by atoms with Crippen molar-refractivity contribution < 1.29 is 33.0 Å². The van der Waals surface area contributed by atoms with Crippen LogP contribution < -0.4 is 15.8 Å². The molecule has 55 heavy (non-hydrogen) atoms. The van der Waals surface area contributed by atoms with Crippen molar-refractivity contribution in [1.82, 2.24) is 15.2 Å². The topological polar surface area (TPSA) is 133 Å². The Morgan fingerprint density at radius 1 is 0.945 bits per heavy atom. The molecule has 1 saturated carbocycles. The summed E-state index contributed by atoms with van der Waals surface area (Å²) in [5, 5.41) is 2.98. The van der Waals surface area contributed by atoms with Gasteiger partial charge in [-0.15, -0.1) is 0 Å². The number of ether oxygens (including phenoxy) is 3. The molecule has 1 aromatic heterocycles. The van der Waals surface area contributed by atoms with Crippen LogP contribution in [0.1, 0.15) is 100 Å². The number of aromatic nitrogens is 1. The van der Waals surface area contributed by atoms with Crippen molar-refractivity contribution in [3.8, 4) is 16.9 Å². The average Bonchev–Trinajstić information content (AvgIpc) is 3.11. The van der Waals surface area contributed by atoms with Gasteiger partial charge in [-0.25, -0.2) is 14.0 Å². The molecule has 12 heteroatoms. The lowest BCUT2D eigenvalue weighted by Crippen LogP contribution is -2.49. The van der Waals surface area contributed by atoms with Gasteiger partial charge in [-0.3, -0.25) is 9.78 Å². The van der Waals surface area contributed by atoms with Crippen LogP contribution in [0, 0.1) is 17.9 Å². The Kier molecular flexibility index (Phi) is 12.9. The van der Waals surface area contributed by atoms with E-state index in [1.165, 1.54) is 12.1 Å². The van der Waals surface area contributed by atoms with Crippen LogP contribution in [0.5, 0.6) is 5.75 Å². The van der Waals surface area contributed by atoms with E-state index in [0.717, 1.165) is 5.56 Å². The molecule has 4 aromatic rings. The Morgan fingerprint density at radius 2 is 1.62 bits per heavy atom. The first kappa shape index (κ1) is 40.8. The normalized spacial score (nSPS) is 16.3. The number of carbonyl (C=O) groups excluding carboxylic acids is 3. The predicted octanol–water partition coefficient (Wildman–Crippen LogP) is 9.02. The second kappa shape index (κ2) is 17.4. The van der Waals surface area contributed by atoms with Crippen molar-refractivity contribution in [2.24, 2.45) is 5.73 Å². The van der Waals surface area contributed by atoms with Gasteiger partial charge >= 0.3 is 12.2 Å². The van der Waals surface area contributed by atoms with Gasteiger partial charge in [-0.1, -0.05) is 54.1 Å². The molecule has 3 aromatic carbocycles. The van der Waals surface area contributed by atoms with E-state index < -0.39 is 41.0 Å². The molecule has 1 unspecified atom stereocenters. The van der Waals surface area contributed by atoms with Gasteiger partial charge in [0, 0.05) is 47.4 Å². The molecule has 0 spiro atoms. The third kappa shape index (κ3) is 11.1. The van der Waals surface area contributed by atoms with Gasteiger partial charge in [0.25, 0.3) is 0 Å². The number of halogens is 2. The molecule has 1 atom stereocenters. The van der Waals surface area contributed by atoms with E-state index >= 15 is 4.39 Å². The van der Waals surface area contributed by atoms with Crippen molar-refractivity contribution in [2.75, 3.05) is 6.54 Å². The summed E-state index contributed by atoms with van der Waals surface area (Å²) in [6.45, 7) is 11.0. The minimum atomic E-state index is -0.858. The number of nitrogens with two attached hydrogens (primary N) is 1. The second-order valence-electron chi connectivity index (χ2n) is 15.6. The highest BCUT2D eigenvalue weighted by Gasteiger charge is 2.35. The molecular formula is C43H48ClFN4O6. The zero-order chi connectivity index (χ0) is 39.9. The number of hydrogen-bond donors (Lipinski definition) is 2. The molecule has 0 bridgehead atoms. The molecule has 1 aliphatic rings. The van der Waals surface area contributed by atoms with E-state index in [1.807, 2.05) is 71.9 Å². The number of primary amides is 1. The van der Waals surface area contributed by atoms with Crippen LogP contribution in [-0.2, 0) is 16.1 Å². The lowest BCUT2D eigenvalue weighted by Gasteiger charge is -2.39. The highest BCUT2D eigenvalue weighted by Crippen LogP contribution is 2.39. The van der Waals surface area contributed by atoms with Crippen LogP contribution in [0.4, 0.5) is 14.0 Å². The van der Waals surface area contributed by atoms with Crippen LogP contribution in [-0.4, -0.2) is 57.8 Å². The summed E-state index contributed by atoms with van der Waals surface area (Å²) in [7, 11) is 0. The van der Waals surface area contributed by atoms with Crippen LogP contribution in [0.3, 0.4) is 0 Å². The van der Waals surface area contributed by atoms with Crippen molar-refractivity contribution >= 4 is 29.7 Å². The maximum atomic E-state index is 16.5. The molecule has 5 rings (SSSR count). The lowest BCUT2D eigenvalue weighted by molar-refractivity contribution is 0.00940. The summed E-state index contributed by atoms with van der Waals surface area (Å²) in [5.74, 6) is -2.32. The van der Waals surface area contributed by atoms with E-state index in [1.54, 1.807) is 35.4 Å². The number of alkyl carbamates (subject to hydrolysis) is 1. The summed E-state index contributed by atoms with van der Waals surface area (Å²) >= 11 is 6.71. The van der Waals surface area contributed by atoms with Crippen molar-refractivity contribution in [3.63, 3.8) is 0 Å². The Balaban J connectivity index is 1.51. The van der Waals surface area contributed by atoms with Gasteiger partial charge < -0.3 is 30.2 Å². The van der Waals surface area contributed by atoms with E-state index in [4.69, 9.17) is 31.5 Å². The number of hydrogen-bond acceptors (Lipinski definition) is 7. The van der Waals surface area contributed by atoms with Gasteiger partial charge in [0.2, 0.25) is 5.91 Å². The van der Waals surface area contributed by atoms with E-state index in [0.29, 0.717) is 36.9 Å². The smallest absolute Gasteiger partial charge is 0.410 e. The Morgan fingerprint density at radius 3 is 2.24 bits per heavy atom. The molecular weight excluding hydrogens is 723 g/mol. The van der Waals surface area contributed by atoms with Gasteiger partial charge in [0.15, 0.2) is 11.6 Å². The number of carbonyl (C=O) groups is 3. The Bertz CT molecular complexity index is 1960. The predicted molar refractivity (Wildman–Crippen MR) is 208 cm³/mol. The summed E-state index contributed by atoms with van der Waals surface area (Å²) in [4.78, 5) is 45.2. The average molecular weight is 771 g/mol. The molecule has 1 fully saturated rings. The monoisotopic (exact) mass is 770 g/mol. The number of pyridine rings is 1. The van der Waals surface area contributed by atoms with Crippen LogP contribution in [0.25, 0.3) is 11.1 Å². The zero-order valence-corrected chi connectivity index (χ0v) is 32.8. The lowest BCUT2D eigenvalue weighted by atomic mass is 9.86. The number of nitrogens with one attached hydrogen (secondary N) is 1. The number of nitrogens with zero attached hydrogens (tertiary/aromatic N) is 2. The van der Waals surface area contributed by atoms with Gasteiger partial charge in [-0.05, 0) is 109 Å². The Hall–Kier alpha value is -5.34. The molecule has 0 saturated heterocycles. The standard InChI is InChI=1S/C43H48ClFN4O6/c1-42(2,3)54-40(51)48-29-16-18-31(19-17-29)49(41(52)55-43(4,5)6)25-34(27-12-8-7-9-13-27)28-15-21-35(44)33(24-28)37-32(39(46)50)20-22-36(38(37)45)53-26-30-14-10-11-23-47-30/h7-14,20,22-24,29,31,34H,16-19,25-26H2,1-6H3,(H2,46,50)(H,48,51). The first-order chi connectivity index (χ1) is 26.0. The maximum Gasteiger partial charge on any atom is 0.410 e. The summed E-state index contributed by atoms with van der Waals surface area (Å²) < 4.78 is 33.7. The highest BCUT2D eigenvalue weighted by molar-refractivity contribution is 6.33. The molecule has 3 N–H and O–H groups in total. The fraction of sp³-hybridized carbons (Fsp3) is 0.395. The van der Waals surface area contributed by atoms with Gasteiger partial charge in [0.1, 0.15) is 17.8 Å². The first-order valence-electron chi connectivity index (χ1n) is 18.3. The Labute approximate surface area is 327 Å².